The zero-order chi connectivity index (χ0) is 9.38. The number of rotatable bonds is 0. The van der Waals surface area contributed by atoms with Crippen LogP contribution in [0.15, 0.2) is 35.7 Å². The van der Waals surface area contributed by atoms with Crippen LogP contribution in [0.3, 0.4) is 0 Å². The van der Waals surface area contributed by atoms with Gasteiger partial charge in [0.1, 0.15) is 0 Å². The molecule has 1 heterocycles. The molecule has 0 spiro atoms. The molecule has 0 nitrogen and oxygen atoms in total. The van der Waals surface area contributed by atoms with Crippen molar-refractivity contribution in [3.8, 4) is 0 Å². The van der Waals surface area contributed by atoms with E-state index < -0.39 is 0 Å². The Labute approximate surface area is 87.5 Å². The molecule has 0 fully saturated rings. The van der Waals surface area contributed by atoms with Crippen molar-refractivity contribution in [3.05, 3.63) is 57.3 Å². The van der Waals surface area contributed by atoms with E-state index in [1.807, 2.05) is 11.3 Å². The summed E-state index contributed by atoms with van der Waals surface area (Å²) in [6, 6.07) is 10.8. The highest BCUT2D eigenvalue weighted by Gasteiger charge is 2.08. The van der Waals surface area contributed by atoms with Crippen molar-refractivity contribution in [1.82, 2.24) is 0 Å². The lowest BCUT2D eigenvalue weighted by Gasteiger charge is -2.01. The van der Waals surface area contributed by atoms with Gasteiger partial charge in [-0.15, -0.1) is 11.3 Å². The van der Waals surface area contributed by atoms with Gasteiger partial charge in [-0.3, -0.25) is 0 Å². The third-order valence-electron chi connectivity index (χ3n) is 2.63. The number of hydrogen-bond donors (Lipinski definition) is 0. The van der Waals surface area contributed by atoms with E-state index in [0.717, 1.165) is 6.42 Å². The molecule has 1 heteroatoms. The largest absolute Gasteiger partial charge is 0.148 e. The Balaban J connectivity index is 2.19. The van der Waals surface area contributed by atoms with E-state index in [1.54, 1.807) is 0 Å². The molecule has 0 unspecified atom stereocenters. The lowest BCUT2D eigenvalue weighted by molar-refractivity contribution is 1.23. The van der Waals surface area contributed by atoms with Crippen LogP contribution in [0.1, 0.15) is 21.6 Å². The van der Waals surface area contributed by atoms with Gasteiger partial charge in [0.05, 0.1) is 0 Å². The standard InChI is InChI=1S/C13H10S/c1-2-4-12-9-13-11(7-8-14-13)6-5-10(12)3-1/h1-8H,9H2. The second kappa shape index (κ2) is 3.10. The maximum Gasteiger partial charge on any atom is 0.0162 e. The van der Waals surface area contributed by atoms with Crippen molar-refractivity contribution < 1.29 is 0 Å². The first-order valence-electron chi connectivity index (χ1n) is 4.76. The minimum absolute atomic E-state index is 1.08. The van der Waals surface area contributed by atoms with Crippen molar-refractivity contribution in [2.45, 2.75) is 6.42 Å². The van der Waals surface area contributed by atoms with Crippen LogP contribution in [0.4, 0.5) is 0 Å². The van der Waals surface area contributed by atoms with Crippen LogP contribution in [-0.2, 0) is 6.42 Å². The second-order valence-electron chi connectivity index (χ2n) is 3.51. The van der Waals surface area contributed by atoms with Crippen molar-refractivity contribution in [2.75, 3.05) is 0 Å². The molecule has 0 N–H and O–H groups in total. The van der Waals surface area contributed by atoms with Crippen LogP contribution < -0.4 is 0 Å². The lowest BCUT2D eigenvalue weighted by atomic mass is 10.1. The fourth-order valence-electron chi connectivity index (χ4n) is 1.85. The van der Waals surface area contributed by atoms with Crippen LogP contribution in [-0.4, -0.2) is 0 Å². The minimum atomic E-state index is 1.08. The van der Waals surface area contributed by atoms with Gasteiger partial charge in [-0.2, -0.15) is 0 Å². The minimum Gasteiger partial charge on any atom is -0.148 e. The molecule has 3 rings (SSSR count). The van der Waals surface area contributed by atoms with Gasteiger partial charge in [-0.05, 0) is 28.1 Å². The molecule has 2 aromatic rings. The number of fused-ring (bicyclic) bond motifs is 2. The van der Waals surface area contributed by atoms with Crippen LogP contribution in [0, 0.1) is 0 Å². The van der Waals surface area contributed by atoms with Crippen molar-refractivity contribution in [3.63, 3.8) is 0 Å². The molecule has 1 aliphatic carbocycles. The third-order valence-corrected chi connectivity index (χ3v) is 3.57. The summed E-state index contributed by atoms with van der Waals surface area (Å²) in [6.45, 7) is 0. The Hall–Kier alpha value is -1.34. The summed E-state index contributed by atoms with van der Waals surface area (Å²) in [6.07, 6.45) is 5.52. The first-order valence-corrected chi connectivity index (χ1v) is 5.64. The molecule has 0 atom stereocenters. The highest BCUT2D eigenvalue weighted by atomic mass is 32.1. The molecule has 0 amide bonds. The monoisotopic (exact) mass is 198 g/mol. The topological polar surface area (TPSA) is 0 Å². The number of thiophene rings is 1. The first kappa shape index (κ1) is 8.01. The van der Waals surface area contributed by atoms with Gasteiger partial charge < -0.3 is 0 Å². The third kappa shape index (κ3) is 1.21. The van der Waals surface area contributed by atoms with E-state index in [-0.39, 0.29) is 0 Å². The quantitative estimate of drug-likeness (QED) is 0.515. The predicted molar refractivity (Wildman–Crippen MR) is 62.5 cm³/mol. The summed E-state index contributed by atoms with van der Waals surface area (Å²) in [5, 5.41) is 2.17. The van der Waals surface area contributed by atoms with Crippen molar-refractivity contribution >= 4 is 23.5 Å². The Bertz CT molecular complexity index is 491. The highest BCUT2D eigenvalue weighted by Crippen LogP contribution is 2.27. The molecule has 1 aromatic heterocycles. The van der Waals surface area contributed by atoms with Gasteiger partial charge in [0.25, 0.3) is 0 Å². The highest BCUT2D eigenvalue weighted by molar-refractivity contribution is 7.10. The summed E-state index contributed by atoms with van der Waals surface area (Å²) in [4.78, 5) is 1.48. The SMILES string of the molecule is C1=Cc2ccsc2Cc2ccccc21. The van der Waals surface area contributed by atoms with E-state index in [4.69, 9.17) is 0 Å². The zero-order valence-corrected chi connectivity index (χ0v) is 8.55. The lowest BCUT2D eigenvalue weighted by Crippen LogP contribution is -1.87. The van der Waals surface area contributed by atoms with Crippen LogP contribution >= 0.6 is 11.3 Å². The molecular formula is C13H10S. The molecule has 14 heavy (non-hydrogen) atoms. The molecule has 0 radical (unpaired) electrons. The summed E-state index contributed by atoms with van der Waals surface area (Å²) in [5.74, 6) is 0. The fourth-order valence-corrected chi connectivity index (χ4v) is 2.74. The molecular weight excluding hydrogens is 188 g/mol. The average Bonchev–Trinajstić information content (AvgIpc) is 2.58. The van der Waals surface area contributed by atoms with Gasteiger partial charge in [-0.1, -0.05) is 36.4 Å². The molecule has 0 saturated heterocycles. The second-order valence-corrected chi connectivity index (χ2v) is 4.51. The van der Waals surface area contributed by atoms with Gasteiger partial charge in [0.2, 0.25) is 0 Å². The Kier molecular flexibility index (Phi) is 1.78. The number of hydrogen-bond acceptors (Lipinski definition) is 1. The van der Waals surface area contributed by atoms with Crippen LogP contribution in [0.5, 0.6) is 0 Å². The van der Waals surface area contributed by atoms with E-state index in [2.05, 4.69) is 47.9 Å². The van der Waals surface area contributed by atoms with Crippen molar-refractivity contribution in [1.29, 1.82) is 0 Å². The Morgan fingerprint density at radius 1 is 0.929 bits per heavy atom. The van der Waals surface area contributed by atoms with Crippen LogP contribution in [0.25, 0.3) is 12.2 Å². The van der Waals surface area contributed by atoms with E-state index >= 15 is 0 Å². The molecule has 0 bridgehead atoms. The summed E-state index contributed by atoms with van der Waals surface area (Å²) < 4.78 is 0. The van der Waals surface area contributed by atoms with Gasteiger partial charge in [-0.25, -0.2) is 0 Å². The van der Waals surface area contributed by atoms with Crippen molar-refractivity contribution in [2.24, 2.45) is 0 Å². The van der Waals surface area contributed by atoms with E-state index in [0.29, 0.717) is 0 Å². The Morgan fingerprint density at radius 3 is 2.79 bits per heavy atom. The molecule has 0 aliphatic heterocycles. The van der Waals surface area contributed by atoms with Gasteiger partial charge in [0.15, 0.2) is 0 Å². The number of benzene rings is 1. The normalized spacial score (nSPS) is 13.1. The maximum absolute atomic E-state index is 2.22. The average molecular weight is 198 g/mol. The Morgan fingerprint density at radius 2 is 1.79 bits per heavy atom. The van der Waals surface area contributed by atoms with Crippen LogP contribution in [0.2, 0.25) is 0 Å². The van der Waals surface area contributed by atoms with E-state index in [9.17, 15) is 0 Å². The molecule has 1 aliphatic rings. The zero-order valence-electron chi connectivity index (χ0n) is 7.73. The molecule has 68 valence electrons. The summed E-state index contributed by atoms with van der Waals surface area (Å²) in [5.41, 5.74) is 4.17. The predicted octanol–water partition coefficient (Wildman–Crippen LogP) is 3.82. The summed E-state index contributed by atoms with van der Waals surface area (Å²) in [7, 11) is 0. The molecule has 0 saturated carbocycles. The van der Waals surface area contributed by atoms with E-state index in [1.165, 1.54) is 21.6 Å². The fraction of sp³-hybridized carbons (Fsp3) is 0.0769. The van der Waals surface area contributed by atoms with Gasteiger partial charge >= 0.3 is 0 Å². The summed E-state index contributed by atoms with van der Waals surface area (Å²) >= 11 is 1.85. The maximum atomic E-state index is 2.22. The first-order chi connectivity index (χ1) is 6.93. The smallest absolute Gasteiger partial charge is 0.0162 e. The molecule has 1 aromatic carbocycles. The van der Waals surface area contributed by atoms with Gasteiger partial charge in [0, 0.05) is 11.3 Å².